The van der Waals surface area contributed by atoms with Crippen LogP contribution in [0.5, 0.6) is 0 Å². The smallest absolute Gasteiger partial charge is 0.431 e. The highest BCUT2D eigenvalue weighted by molar-refractivity contribution is 5.60. The molecular weight excluding hydrogens is 252 g/mol. The Hall–Kier alpha value is -0.730. The zero-order chi connectivity index (χ0) is 16.0. The van der Waals surface area contributed by atoms with Crippen LogP contribution in [0, 0.1) is 10.8 Å². The van der Waals surface area contributed by atoms with E-state index in [-0.39, 0.29) is 23.0 Å². The topological polar surface area (TPSA) is 35.5 Å². The normalized spacial score (nSPS) is 15.6. The van der Waals surface area contributed by atoms with Gasteiger partial charge in [-0.3, -0.25) is 0 Å². The van der Waals surface area contributed by atoms with Gasteiger partial charge in [0.15, 0.2) is 0 Å². The summed E-state index contributed by atoms with van der Waals surface area (Å²) in [6.45, 7) is 17.0. The highest BCUT2D eigenvalue weighted by Gasteiger charge is 2.19. The highest BCUT2D eigenvalue weighted by Crippen LogP contribution is 2.24. The van der Waals surface area contributed by atoms with Crippen molar-refractivity contribution in [2.75, 3.05) is 0 Å². The number of rotatable bonds is 6. The predicted molar refractivity (Wildman–Crippen MR) is 83.9 cm³/mol. The van der Waals surface area contributed by atoms with E-state index in [1.807, 2.05) is 13.8 Å². The summed E-state index contributed by atoms with van der Waals surface area (Å²) in [4.78, 5) is 11.7. The Labute approximate surface area is 125 Å². The van der Waals surface area contributed by atoms with E-state index in [2.05, 4.69) is 41.5 Å². The molecule has 0 heterocycles. The molecule has 0 aliphatic rings. The molecular formula is C17H34O3. The molecule has 0 rings (SSSR count). The van der Waals surface area contributed by atoms with Crippen molar-refractivity contribution in [3.05, 3.63) is 0 Å². The fraction of sp³-hybridized carbons (Fsp3) is 0.941. The van der Waals surface area contributed by atoms with E-state index < -0.39 is 6.16 Å². The van der Waals surface area contributed by atoms with Gasteiger partial charge in [-0.2, -0.15) is 0 Å². The van der Waals surface area contributed by atoms with Crippen LogP contribution in [0.15, 0.2) is 0 Å². The fourth-order valence-corrected chi connectivity index (χ4v) is 1.75. The number of carbonyl (C=O) groups is 1. The number of hydrogen-bond donors (Lipinski definition) is 0. The molecule has 0 fully saturated rings. The quantitative estimate of drug-likeness (QED) is 0.599. The molecule has 0 radical (unpaired) electrons. The Bertz CT molecular complexity index is 256. The zero-order valence-electron chi connectivity index (χ0n) is 14.7. The van der Waals surface area contributed by atoms with Gasteiger partial charge in [-0.15, -0.1) is 0 Å². The molecule has 3 nitrogen and oxygen atoms in total. The second kappa shape index (κ2) is 7.90. The van der Waals surface area contributed by atoms with Crippen LogP contribution in [0.4, 0.5) is 4.79 Å². The van der Waals surface area contributed by atoms with Crippen molar-refractivity contribution < 1.29 is 14.3 Å². The lowest BCUT2D eigenvalue weighted by Gasteiger charge is -2.23. The summed E-state index contributed by atoms with van der Waals surface area (Å²) in [6, 6.07) is 0. The average Bonchev–Trinajstić information content (AvgIpc) is 2.21. The fourth-order valence-electron chi connectivity index (χ4n) is 1.75. The third kappa shape index (κ3) is 12.3. The van der Waals surface area contributed by atoms with E-state index in [4.69, 9.17) is 9.47 Å². The molecule has 120 valence electrons. The molecule has 0 amide bonds. The molecule has 0 aromatic rings. The van der Waals surface area contributed by atoms with Crippen molar-refractivity contribution in [3.8, 4) is 0 Å². The Morgan fingerprint density at radius 1 is 0.800 bits per heavy atom. The summed E-state index contributed by atoms with van der Waals surface area (Å²) in [7, 11) is 0. The summed E-state index contributed by atoms with van der Waals surface area (Å²) in [6.07, 6.45) is 3.09. The van der Waals surface area contributed by atoms with Crippen LogP contribution < -0.4 is 0 Å². The molecule has 0 bridgehead atoms. The first kappa shape index (κ1) is 19.3. The largest absolute Gasteiger partial charge is 0.508 e. The van der Waals surface area contributed by atoms with E-state index in [1.54, 1.807) is 0 Å². The molecule has 0 aromatic heterocycles. The van der Waals surface area contributed by atoms with Gasteiger partial charge in [0.25, 0.3) is 0 Å². The van der Waals surface area contributed by atoms with Crippen LogP contribution in [0.3, 0.4) is 0 Å². The molecule has 3 heteroatoms. The molecule has 0 aliphatic heterocycles. The lowest BCUT2D eigenvalue weighted by molar-refractivity contribution is -0.000986. The Morgan fingerprint density at radius 3 is 1.35 bits per heavy atom. The SMILES string of the molecule is CC(CCC(C)(C)C)OC(=O)OC(C)CCC(C)(C)C. The molecule has 20 heavy (non-hydrogen) atoms. The Morgan fingerprint density at radius 2 is 1.10 bits per heavy atom. The van der Waals surface area contributed by atoms with Crippen LogP contribution in [0.25, 0.3) is 0 Å². The maximum Gasteiger partial charge on any atom is 0.508 e. The second-order valence-corrected chi connectivity index (χ2v) is 8.31. The van der Waals surface area contributed by atoms with Gasteiger partial charge >= 0.3 is 6.16 Å². The molecule has 0 aromatic carbocycles. The lowest BCUT2D eigenvalue weighted by atomic mass is 9.89. The summed E-state index contributed by atoms with van der Waals surface area (Å²) in [5.74, 6) is 0. The van der Waals surface area contributed by atoms with Crippen molar-refractivity contribution in [3.63, 3.8) is 0 Å². The monoisotopic (exact) mass is 286 g/mol. The number of carbonyl (C=O) groups excluding carboxylic acids is 1. The van der Waals surface area contributed by atoms with Crippen LogP contribution in [0.1, 0.15) is 81.1 Å². The molecule has 0 N–H and O–H groups in total. The second-order valence-electron chi connectivity index (χ2n) is 8.31. The molecule has 0 spiro atoms. The lowest BCUT2D eigenvalue weighted by Crippen LogP contribution is -2.22. The van der Waals surface area contributed by atoms with Crippen LogP contribution in [0.2, 0.25) is 0 Å². The van der Waals surface area contributed by atoms with Crippen molar-refractivity contribution in [2.45, 2.75) is 93.3 Å². The van der Waals surface area contributed by atoms with Gasteiger partial charge < -0.3 is 9.47 Å². The maximum absolute atomic E-state index is 11.7. The highest BCUT2D eigenvalue weighted by atomic mass is 16.7. The van der Waals surface area contributed by atoms with Crippen molar-refractivity contribution in [2.24, 2.45) is 10.8 Å². The van der Waals surface area contributed by atoms with Crippen molar-refractivity contribution in [1.82, 2.24) is 0 Å². The minimum atomic E-state index is -0.534. The van der Waals surface area contributed by atoms with E-state index >= 15 is 0 Å². The standard InChI is InChI=1S/C17H34O3/c1-13(9-11-16(3,4)5)19-15(18)20-14(2)10-12-17(6,7)8/h13-14H,9-12H2,1-8H3. The van der Waals surface area contributed by atoms with Crippen LogP contribution in [-0.4, -0.2) is 18.4 Å². The van der Waals surface area contributed by atoms with Crippen LogP contribution in [-0.2, 0) is 9.47 Å². The van der Waals surface area contributed by atoms with Gasteiger partial charge in [-0.1, -0.05) is 41.5 Å². The zero-order valence-corrected chi connectivity index (χ0v) is 14.7. The molecule has 0 aliphatic carbocycles. The maximum atomic E-state index is 11.7. The minimum absolute atomic E-state index is 0.0865. The first-order valence-electron chi connectivity index (χ1n) is 7.76. The van der Waals surface area contributed by atoms with Crippen LogP contribution >= 0.6 is 0 Å². The summed E-state index contributed by atoms with van der Waals surface area (Å²) >= 11 is 0. The first-order valence-corrected chi connectivity index (χ1v) is 7.76. The van der Waals surface area contributed by atoms with Crippen molar-refractivity contribution >= 4 is 6.16 Å². The molecule has 2 unspecified atom stereocenters. The Balaban J connectivity index is 3.92. The average molecular weight is 286 g/mol. The van der Waals surface area contributed by atoms with Gasteiger partial charge in [0, 0.05) is 0 Å². The van der Waals surface area contributed by atoms with Gasteiger partial charge in [-0.25, -0.2) is 4.79 Å². The first-order chi connectivity index (χ1) is 8.89. The number of ether oxygens (including phenoxy) is 2. The van der Waals surface area contributed by atoms with E-state index in [9.17, 15) is 4.79 Å². The molecule has 0 saturated heterocycles. The van der Waals surface area contributed by atoms with Gasteiger partial charge in [0.2, 0.25) is 0 Å². The summed E-state index contributed by atoms with van der Waals surface area (Å²) < 4.78 is 10.6. The van der Waals surface area contributed by atoms with E-state index in [1.165, 1.54) is 0 Å². The van der Waals surface area contributed by atoms with Crippen molar-refractivity contribution in [1.29, 1.82) is 0 Å². The molecule has 2 atom stereocenters. The number of hydrogen-bond acceptors (Lipinski definition) is 3. The van der Waals surface area contributed by atoms with Gasteiger partial charge in [0.05, 0.1) is 0 Å². The van der Waals surface area contributed by atoms with E-state index in [0.717, 1.165) is 25.7 Å². The van der Waals surface area contributed by atoms with Gasteiger partial charge in [0.1, 0.15) is 12.2 Å². The third-order valence-electron chi connectivity index (χ3n) is 3.20. The molecule has 0 saturated carbocycles. The Kier molecular flexibility index (Phi) is 7.61. The summed E-state index contributed by atoms with van der Waals surface area (Å²) in [5, 5.41) is 0. The predicted octanol–water partition coefficient (Wildman–Crippen LogP) is 5.57. The third-order valence-corrected chi connectivity index (χ3v) is 3.20. The minimum Gasteiger partial charge on any atom is -0.431 e. The van der Waals surface area contributed by atoms with E-state index in [0.29, 0.717) is 0 Å². The van der Waals surface area contributed by atoms with Gasteiger partial charge in [-0.05, 0) is 50.4 Å². The summed E-state index contributed by atoms with van der Waals surface area (Å²) in [5.41, 5.74) is 0.531.